The van der Waals surface area contributed by atoms with Crippen molar-refractivity contribution in [1.29, 1.82) is 0 Å². The highest BCUT2D eigenvalue weighted by Gasteiger charge is 2.15. The number of aryl methyl sites for hydroxylation is 2. The largest absolute Gasteiger partial charge is 0.496 e. The molecule has 0 saturated heterocycles. The van der Waals surface area contributed by atoms with Gasteiger partial charge in [0, 0.05) is 16.6 Å². The standard InChI is InChI=1S/C18H20ClNO/c1-21-18-11-15(19)7-8-16(18)17(20)10-12-5-6-13-3-2-4-14(13)9-12/h5-9,11,17H,2-4,10,20H2,1H3. The van der Waals surface area contributed by atoms with Crippen LogP contribution in [0.3, 0.4) is 0 Å². The molecule has 2 aromatic rings. The van der Waals surface area contributed by atoms with E-state index < -0.39 is 0 Å². The van der Waals surface area contributed by atoms with Crippen molar-refractivity contribution in [2.24, 2.45) is 5.73 Å². The number of fused-ring (bicyclic) bond motifs is 1. The van der Waals surface area contributed by atoms with Gasteiger partial charge in [-0.15, -0.1) is 0 Å². The lowest BCUT2D eigenvalue weighted by molar-refractivity contribution is 0.405. The summed E-state index contributed by atoms with van der Waals surface area (Å²) in [5.41, 5.74) is 11.7. The molecule has 0 bridgehead atoms. The molecule has 2 nitrogen and oxygen atoms in total. The number of methoxy groups -OCH3 is 1. The molecule has 0 saturated carbocycles. The van der Waals surface area contributed by atoms with Crippen LogP contribution in [0.1, 0.15) is 34.7 Å². The van der Waals surface area contributed by atoms with E-state index in [1.165, 1.54) is 36.0 Å². The van der Waals surface area contributed by atoms with Crippen LogP contribution in [0, 0.1) is 0 Å². The van der Waals surface area contributed by atoms with Crippen molar-refractivity contribution in [3.63, 3.8) is 0 Å². The van der Waals surface area contributed by atoms with E-state index in [0.717, 1.165) is 17.7 Å². The smallest absolute Gasteiger partial charge is 0.125 e. The van der Waals surface area contributed by atoms with Gasteiger partial charge >= 0.3 is 0 Å². The Morgan fingerprint density at radius 3 is 2.76 bits per heavy atom. The zero-order valence-corrected chi connectivity index (χ0v) is 13.0. The number of rotatable bonds is 4. The molecule has 3 rings (SSSR count). The average molecular weight is 302 g/mol. The maximum Gasteiger partial charge on any atom is 0.125 e. The maximum absolute atomic E-state index is 6.38. The first-order valence-electron chi connectivity index (χ1n) is 7.37. The van der Waals surface area contributed by atoms with E-state index in [2.05, 4.69) is 18.2 Å². The van der Waals surface area contributed by atoms with Gasteiger partial charge in [-0.3, -0.25) is 0 Å². The van der Waals surface area contributed by atoms with Crippen LogP contribution in [0.25, 0.3) is 0 Å². The Labute approximate surface area is 130 Å². The molecule has 110 valence electrons. The molecule has 1 aliphatic rings. The van der Waals surface area contributed by atoms with Crippen molar-refractivity contribution in [2.75, 3.05) is 7.11 Å². The van der Waals surface area contributed by atoms with Gasteiger partial charge in [-0.25, -0.2) is 0 Å². The van der Waals surface area contributed by atoms with E-state index in [1.807, 2.05) is 18.2 Å². The van der Waals surface area contributed by atoms with E-state index in [0.29, 0.717) is 5.02 Å². The van der Waals surface area contributed by atoms with Crippen molar-refractivity contribution in [1.82, 2.24) is 0 Å². The van der Waals surface area contributed by atoms with Crippen LogP contribution >= 0.6 is 11.6 Å². The molecule has 1 unspecified atom stereocenters. The Hall–Kier alpha value is -1.51. The molecule has 0 radical (unpaired) electrons. The Bertz CT molecular complexity index is 654. The highest BCUT2D eigenvalue weighted by molar-refractivity contribution is 6.30. The third-order valence-electron chi connectivity index (χ3n) is 4.21. The predicted octanol–water partition coefficient (Wildman–Crippen LogP) is 4.08. The molecule has 2 aromatic carbocycles. The molecule has 0 spiro atoms. The summed E-state index contributed by atoms with van der Waals surface area (Å²) in [6, 6.07) is 12.3. The maximum atomic E-state index is 6.38. The minimum Gasteiger partial charge on any atom is -0.496 e. The Morgan fingerprint density at radius 2 is 1.95 bits per heavy atom. The van der Waals surface area contributed by atoms with Crippen molar-refractivity contribution in [2.45, 2.75) is 31.7 Å². The lowest BCUT2D eigenvalue weighted by Crippen LogP contribution is -2.14. The number of nitrogens with two attached hydrogens (primary N) is 1. The Kier molecular flexibility index (Phi) is 4.18. The summed E-state index contributed by atoms with van der Waals surface area (Å²) in [6.07, 6.45) is 4.50. The van der Waals surface area contributed by atoms with Crippen molar-refractivity contribution in [3.05, 3.63) is 63.7 Å². The molecular weight excluding hydrogens is 282 g/mol. The first-order valence-corrected chi connectivity index (χ1v) is 7.75. The molecule has 1 aliphatic carbocycles. The van der Waals surface area contributed by atoms with Gasteiger partial charge < -0.3 is 10.5 Å². The van der Waals surface area contributed by atoms with Gasteiger partial charge in [0.05, 0.1) is 7.11 Å². The molecule has 2 N–H and O–H groups in total. The lowest BCUT2D eigenvalue weighted by Gasteiger charge is -2.16. The van der Waals surface area contributed by atoms with Gasteiger partial charge in [-0.2, -0.15) is 0 Å². The summed E-state index contributed by atoms with van der Waals surface area (Å²) < 4.78 is 5.39. The first kappa shape index (κ1) is 14.4. The first-order chi connectivity index (χ1) is 10.2. The Balaban J connectivity index is 1.81. The van der Waals surface area contributed by atoms with Crippen LogP contribution in [-0.2, 0) is 19.3 Å². The summed E-state index contributed by atoms with van der Waals surface area (Å²) in [4.78, 5) is 0. The van der Waals surface area contributed by atoms with Gasteiger partial charge in [0.2, 0.25) is 0 Å². The summed E-state index contributed by atoms with van der Waals surface area (Å²) in [6.45, 7) is 0. The summed E-state index contributed by atoms with van der Waals surface area (Å²) in [7, 11) is 1.65. The van der Waals surface area contributed by atoms with Gasteiger partial charge in [-0.05, 0) is 54.5 Å². The van der Waals surface area contributed by atoms with E-state index in [1.54, 1.807) is 7.11 Å². The zero-order chi connectivity index (χ0) is 14.8. The fourth-order valence-corrected chi connectivity index (χ4v) is 3.27. The second-order valence-electron chi connectivity index (χ2n) is 5.65. The molecule has 0 aliphatic heterocycles. The van der Waals surface area contributed by atoms with Gasteiger partial charge in [0.15, 0.2) is 0 Å². The molecule has 1 atom stereocenters. The van der Waals surface area contributed by atoms with Crippen LogP contribution in [-0.4, -0.2) is 7.11 Å². The van der Waals surface area contributed by atoms with E-state index in [4.69, 9.17) is 22.1 Å². The number of benzene rings is 2. The van der Waals surface area contributed by atoms with Gasteiger partial charge in [0.1, 0.15) is 5.75 Å². The average Bonchev–Trinajstić information content (AvgIpc) is 2.94. The fourth-order valence-electron chi connectivity index (χ4n) is 3.11. The zero-order valence-electron chi connectivity index (χ0n) is 12.2. The van der Waals surface area contributed by atoms with Crippen molar-refractivity contribution in [3.8, 4) is 5.75 Å². The monoisotopic (exact) mass is 301 g/mol. The molecule has 21 heavy (non-hydrogen) atoms. The second-order valence-corrected chi connectivity index (χ2v) is 6.09. The van der Waals surface area contributed by atoms with Gasteiger partial charge in [-0.1, -0.05) is 35.9 Å². The normalized spacial score (nSPS) is 14.8. The quantitative estimate of drug-likeness (QED) is 0.923. The van der Waals surface area contributed by atoms with Crippen LogP contribution in [0.15, 0.2) is 36.4 Å². The minimum absolute atomic E-state index is 0.0864. The number of halogens is 1. The van der Waals surface area contributed by atoms with Crippen LogP contribution in [0.2, 0.25) is 5.02 Å². The van der Waals surface area contributed by atoms with E-state index >= 15 is 0 Å². The Morgan fingerprint density at radius 1 is 1.14 bits per heavy atom. The fraction of sp³-hybridized carbons (Fsp3) is 0.333. The third-order valence-corrected chi connectivity index (χ3v) is 4.45. The lowest BCUT2D eigenvalue weighted by atomic mass is 9.96. The van der Waals surface area contributed by atoms with Crippen molar-refractivity contribution < 1.29 is 4.74 Å². The van der Waals surface area contributed by atoms with E-state index in [9.17, 15) is 0 Å². The topological polar surface area (TPSA) is 35.2 Å². The third kappa shape index (κ3) is 3.07. The highest BCUT2D eigenvalue weighted by Crippen LogP contribution is 2.30. The molecule has 0 fully saturated rings. The molecule has 0 amide bonds. The SMILES string of the molecule is COc1cc(Cl)ccc1C(N)Cc1ccc2c(c1)CCC2. The summed E-state index contributed by atoms with van der Waals surface area (Å²) in [5, 5.41) is 0.667. The van der Waals surface area contributed by atoms with Crippen LogP contribution < -0.4 is 10.5 Å². The number of ether oxygens (including phenoxy) is 1. The summed E-state index contributed by atoms with van der Waals surface area (Å²) in [5.74, 6) is 0.760. The summed E-state index contributed by atoms with van der Waals surface area (Å²) >= 11 is 6.00. The highest BCUT2D eigenvalue weighted by atomic mass is 35.5. The second kappa shape index (κ2) is 6.08. The minimum atomic E-state index is -0.0864. The predicted molar refractivity (Wildman–Crippen MR) is 87.1 cm³/mol. The molecule has 3 heteroatoms. The van der Waals surface area contributed by atoms with Crippen LogP contribution in [0.5, 0.6) is 5.75 Å². The number of hydrogen-bond donors (Lipinski definition) is 1. The molecule has 0 heterocycles. The molecular formula is C18H20ClNO. The molecule has 0 aromatic heterocycles. The number of hydrogen-bond acceptors (Lipinski definition) is 2. The van der Waals surface area contributed by atoms with Crippen molar-refractivity contribution >= 4 is 11.6 Å². The van der Waals surface area contributed by atoms with Crippen LogP contribution in [0.4, 0.5) is 0 Å². The van der Waals surface area contributed by atoms with E-state index in [-0.39, 0.29) is 6.04 Å². The van der Waals surface area contributed by atoms with Gasteiger partial charge in [0.25, 0.3) is 0 Å².